The van der Waals surface area contributed by atoms with Gasteiger partial charge in [0.15, 0.2) is 0 Å². The van der Waals surface area contributed by atoms with Crippen molar-refractivity contribution in [2.24, 2.45) is 0 Å². The van der Waals surface area contributed by atoms with Crippen LogP contribution < -0.4 is 0 Å². The van der Waals surface area contributed by atoms with Gasteiger partial charge in [0, 0.05) is 0 Å². The Labute approximate surface area is 50.5 Å². The molecule has 0 radical (unpaired) electrons. The first-order chi connectivity index (χ1) is 3.68. The van der Waals surface area contributed by atoms with E-state index in [-0.39, 0.29) is 5.57 Å². The van der Waals surface area contributed by atoms with Crippen molar-refractivity contribution in [3.63, 3.8) is 0 Å². The third kappa shape index (κ3) is 2.41. The molecule has 0 aliphatic rings. The first kappa shape index (κ1) is 7.23. The minimum atomic E-state index is -0.930. The number of hydrogen-bond donors (Lipinski definition) is 1. The van der Waals surface area contributed by atoms with Crippen molar-refractivity contribution in [3.8, 4) is 0 Å². The van der Waals surface area contributed by atoms with Crippen molar-refractivity contribution in [2.75, 3.05) is 0 Å². The van der Waals surface area contributed by atoms with Crippen molar-refractivity contribution in [3.05, 3.63) is 11.8 Å². The highest BCUT2D eigenvalue weighted by Crippen LogP contribution is 1.89. The second kappa shape index (κ2) is 3.26. The summed E-state index contributed by atoms with van der Waals surface area (Å²) in [6, 6.07) is 0. The van der Waals surface area contributed by atoms with Crippen LogP contribution in [0.4, 0.5) is 0 Å². The number of rotatable bonds is 2. The summed E-state index contributed by atoms with van der Waals surface area (Å²) in [4.78, 5) is 9.96. The molecule has 4 heteroatoms. The standard InChI is InChI=1S/C4H8O3Si/c1-3(2-7-8)4(5)6/h2H,1,8H3,(H,5,6). The van der Waals surface area contributed by atoms with Gasteiger partial charge in [0.05, 0.1) is 11.8 Å². The molecule has 0 spiro atoms. The summed E-state index contributed by atoms with van der Waals surface area (Å²) in [6.45, 7) is 1.49. The molecule has 0 unspecified atom stereocenters. The van der Waals surface area contributed by atoms with Gasteiger partial charge in [0.25, 0.3) is 0 Å². The van der Waals surface area contributed by atoms with Crippen LogP contribution in [0.1, 0.15) is 6.92 Å². The Balaban J connectivity index is 3.80. The molecule has 46 valence electrons. The van der Waals surface area contributed by atoms with Gasteiger partial charge in [-0.25, -0.2) is 4.79 Å². The highest BCUT2D eigenvalue weighted by Gasteiger charge is 1.96. The molecule has 0 rings (SSSR count). The van der Waals surface area contributed by atoms with Gasteiger partial charge in [-0.2, -0.15) is 0 Å². The summed E-state index contributed by atoms with van der Waals surface area (Å²) in [6.07, 6.45) is 1.24. The van der Waals surface area contributed by atoms with Crippen LogP contribution in [0.25, 0.3) is 0 Å². The van der Waals surface area contributed by atoms with Crippen LogP contribution in [-0.4, -0.2) is 21.6 Å². The maximum atomic E-state index is 9.96. The molecule has 0 saturated carbocycles. The van der Waals surface area contributed by atoms with Crippen LogP contribution in [0.15, 0.2) is 11.8 Å². The Bertz CT molecular complexity index is 118. The second-order valence-corrected chi connectivity index (χ2v) is 1.81. The average molecular weight is 132 g/mol. The van der Waals surface area contributed by atoms with E-state index >= 15 is 0 Å². The Kier molecular flexibility index (Phi) is 2.94. The predicted octanol–water partition coefficient (Wildman–Crippen LogP) is -0.728. The normalized spacial score (nSPS) is 11.4. The van der Waals surface area contributed by atoms with E-state index in [0.29, 0.717) is 10.5 Å². The molecule has 0 heterocycles. The molecule has 0 aromatic heterocycles. The molecule has 0 amide bonds. The third-order valence-corrected chi connectivity index (χ3v) is 0.868. The molecule has 0 fully saturated rings. The van der Waals surface area contributed by atoms with Gasteiger partial charge in [-0.15, -0.1) is 0 Å². The molecular formula is C4H8O3Si. The first-order valence-electron chi connectivity index (χ1n) is 2.11. The average Bonchev–Trinajstić information content (AvgIpc) is 1.67. The molecule has 0 aliphatic heterocycles. The van der Waals surface area contributed by atoms with E-state index in [1.165, 1.54) is 13.2 Å². The van der Waals surface area contributed by atoms with E-state index in [1.54, 1.807) is 0 Å². The van der Waals surface area contributed by atoms with Gasteiger partial charge in [-0.3, -0.25) is 0 Å². The van der Waals surface area contributed by atoms with Gasteiger partial charge < -0.3 is 9.53 Å². The number of carboxylic acids is 1. The molecule has 0 atom stereocenters. The SMILES string of the molecule is CC(=CO[SiH3])C(=O)O. The lowest BCUT2D eigenvalue weighted by Gasteiger charge is -1.90. The van der Waals surface area contributed by atoms with Crippen LogP contribution >= 0.6 is 0 Å². The molecule has 0 aromatic rings. The van der Waals surface area contributed by atoms with Crippen LogP contribution in [0, 0.1) is 0 Å². The minimum Gasteiger partial charge on any atom is -0.558 e. The second-order valence-electron chi connectivity index (χ2n) is 1.34. The zero-order chi connectivity index (χ0) is 6.57. The van der Waals surface area contributed by atoms with E-state index in [1.807, 2.05) is 0 Å². The molecule has 3 nitrogen and oxygen atoms in total. The molecule has 0 bridgehead atoms. The fourth-order valence-electron chi connectivity index (χ4n) is 0.227. The zero-order valence-electron chi connectivity index (χ0n) is 4.84. The van der Waals surface area contributed by atoms with Crippen molar-refractivity contribution in [1.29, 1.82) is 0 Å². The minimum absolute atomic E-state index is 0.236. The lowest BCUT2D eigenvalue weighted by molar-refractivity contribution is -0.132. The Morgan fingerprint density at radius 3 is 2.50 bits per heavy atom. The van der Waals surface area contributed by atoms with Crippen LogP contribution in [0.5, 0.6) is 0 Å². The van der Waals surface area contributed by atoms with Crippen LogP contribution in [0.2, 0.25) is 0 Å². The Morgan fingerprint density at radius 1 is 1.88 bits per heavy atom. The summed E-state index contributed by atoms with van der Waals surface area (Å²) in [5.74, 6) is -0.930. The monoisotopic (exact) mass is 132 g/mol. The van der Waals surface area contributed by atoms with E-state index in [9.17, 15) is 4.79 Å². The summed E-state index contributed by atoms with van der Waals surface area (Å²) in [7, 11) is 0.543. The zero-order valence-corrected chi connectivity index (χ0v) is 6.84. The largest absolute Gasteiger partial charge is 0.558 e. The molecule has 8 heavy (non-hydrogen) atoms. The highest BCUT2D eigenvalue weighted by molar-refractivity contribution is 5.99. The summed E-state index contributed by atoms with van der Waals surface area (Å²) >= 11 is 0. The van der Waals surface area contributed by atoms with E-state index in [0.717, 1.165) is 0 Å². The van der Waals surface area contributed by atoms with Gasteiger partial charge in [-0.05, 0) is 6.92 Å². The maximum Gasteiger partial charge on any atom is 0.334 e. The molecular weight excluding hydrogens is 124 g/mol. The quantitative estimate of drug-likeness (QED) is 0.306. The highest BCUT2D eigenvalue weighted by atomic mass is 28.2. The number of carbonyl (C=O) groups is 1. The maximum absolute atomic E-state index is 9.96. The van der Waals surface area contributed by atoms with E-state index in [4.69, 9.17) is 5.11 Å². The van der Waals surface area contributed by atoms with E-state index in [2.05, 4.69) is 4.43 Å². The van der Waals surface area contributed by atoms with E-state index < -0.39 is 5.97 Å². The topological polar surface area (TPSA) is 46.5 Å². The van der Waals surface area contributed by atoms with Crippen LogP contribution in [-0.2, 0) is 9.22 Å². The van der Waals surface area contributed by atoms with Crippen molar-refractivity contribution in [2.45, 2.75) is 6.92 Å². The first-order valence-corrected chi connectivity index (χ1v) is 2.93. The lowest BCUT2D eigenvalue weighted by Crippen LogP contribution is -1.95. The third-order valence-electron chi connectivity index (χ3n) is 0.632. The summed E-state index contributed by atoms with van der Waals surface area (Å²) in [5, 5.41) is 8.18. The number of carboxylic acid groups (broad SMARTS) is 1. The Hall–Kier alpha value is -0.773. The van der Waals surface area contributed by atoms with Crippen LogP contribution in [0.3, 0.4) is 0 Å². The van der Waals surface area contributed by atoms with Gasteiger partial charge in [0.2, 0.25) is 10.5 Å². The number of aliphatic carboxylic acids is 1. The molecule has 0 saturated heterocycles. The Morgan fingerprint density at radius 2 is 2.38 bits per heavy atom. The summed E-state index contributed by atoms with van der Waals surface area (Å²) < 4.78 is 4.56. The summed E-state index contributed by atoms with van der Waals surface area (Å²) in [5.41, 5.74) is 0.236. The number of hydrogen-bond acceptors (Lipinski definition) is 2. The predicted molar refractivity (Wildman–Crippen MR) is 32.4 cm³/mol. The van der Waals surface area contributed by atoms with Crippen molar-refractivity contribution in [1.82, 2.24) is 0 Å². The lowest BCUT2D eigenvalue weighted by atomic mass is 10.4. The fraction of sp³-hybridized carbons (Fsp3) is 0.250. The smallest absolute Gasteiger partial charge is 0.334 e. The van der Waals surface area contributed by atoms with Gasteiger partial charge >= 0.3 is 5.97 Å². The molecule has 0 aliphatic carbocycles. The van der Waals surface area contributed by atoms with Gasteiger partial charge in [0.1, 0.15) is 0 Å². The molecule has 0 aromatic carbocycles. The molecule has 1 N–H and O–H groups in total. The van der Waals surface area contributed by atoms with Crippen molar-refractivity contribution < 1.29 is 14.3 Å². The van der Waals surface area contributed by atoms with Gasteiger partial charge in [-0.1, -0.05) is 0 Å². The van der Waals surface area contributed by atoms with Crippen molar-refractivity contribution >= 4 is 16.5 Å². The fourth-order valence-corrected chi connectivity index (χ4v) is 0.581.